The molecule has 4 heteroatoms. The number of hydrogen-bond donors (Lipinski definition) is 0. The molecule has 2 aromatic heterocycles. The van der Waals surface area contributed by atoms with Crippen molar-refractivity contribution in [3.8, 4) is 39.1 Å². The fraction of sp³-hybridized carbons (Fsp3) is 0.324. The summed E-state index contributed by atoms with van der Waals surface area (Å²) < 4.78 is 10.1. The van der Waals surface area contributed by atoms with Crippen LogP contribution in [0.25, 0.3) is 82.8 Å². The van der Waals surface area contributed by atoms with Crippen molar-refractivity contribution in [1.82, 2.24) is 4.57 Å². The molecule has 6 bridgehead atoms. The Morgan fingerprint density at radius 3 is 2.04 bits per heavy atom. The van der Waals surface area contributed by atoms with Gasteiger partial charge in [-0.1, -0.05) is 137 Å². The third kappa shape index (κ3) is 5.49. The predicted octanol–water partition coefficient (Wildman–Crippen LogP) is 17.2. The molecular weight excluding hydrogens is 908 g/mol. The number of rotatable bonds is 5. The maximum Gasteiger partial charge on any atom is 0.333 e. The van der Waals surface area contributed by atoms with Gasteiger partial charge in [0.15, 0.2) is 5.58 Å². The molecule has 0 saturated heterocycles. The van der Waals surface area contributed by atoms with Gasteiger partial charge < -0.3 is 13.8 Å². The van der Waals surface area contributed by atoms with Gasteiger partial charge in [-0.3, -0.25) is 0 Å². The number of benzene rings is 8. The molecule has 2 unspecified atom stereocenters. The van der Waals surface area contributed by atoms with E-state index in [0.29, 0.717) is 0 Å². The van der Waals surface area contributed by atoms with E-state index in [1.165, 1.54) is 182 Å². The quantitative estimate of drug-likeness (QED) is 0.160. The van der Waals surface area contributed by atoms with E-state index in [0.717, 1.165) is 40.8 Å². The van der Waals surface area contributed by atoms with E-state index in [4.69, 9.17) is 4.42 Å². The molecule has 6 fully saturated rings. The largest absolute Gasteiger partial charge is 0.454 e. The minimum absolute atomic E-state index is 0.114. The number of nitrogens with zero attached hydrogens (tertiary/aromatic N) is 2. The summed E-state index contributed by atoms with van der Waals surface area (Å²) in [7, 11) is 0. The van der Waals surface area contributed by atoms with Crippen molar-refractivity contribution in [2.45, 2.75) is 114 Å². The first kappa shape index (κ1) is 42.4. The zero-order valence-corrected chi connectivity index (χ0v) is 43.7. The molecule has 366 valence electrons. The number of hydrogen-bond acceptors (Lipinski definition) is 2. The van der Waals surface area contributed by atoms with Gasteiger partial charge in [0.25, 0.3) is 0 Å². The normalized spacial score (nSPS) is 26.9. The molecule has 4 heterocycles. The average Bonchev–Trinajstić information content (AvgIpc) is 4.23. The standard InChI is InChI=1S/C71H63BN2O/c1-4-70(36-41-18-19-42(28-41)37-70)48-22-27-60-55(32-48)57-33-49(71-38-43-29-44(39-71)31-45(30-43)40-71)34-59-66(57)73(60)61-35-56-51-14-8-10-16-58(51)69(2,3)64(56)63-54-26-25-53-52-15-9-11-17-62(52)75-68(53)67(54)74(72(59)65(61)63)50-23-20-47(21-24-50)46-12-6-5-7-13-46/h5-17,20-27,32-35,41-45H,4,18-19,28-31,36-40H2,1-3H3. The molecule has 3 nitrogen and oxygen atoms in total. The Morgan fingerprint density at radius 2 is 1.27 bits per heavy atom. The Balaban J connectivity index is 0.996. The van der Waals surface area contributed by atoms with Crippen molar-refractivity contribution in [2.24, 2.45) is 29.6 Å². The second kappa shape index (κ2) is 14.6. The molecule has 19 rings (SSSR count). The molecule has 6 saturated carbocycles. The van der Waals surface area contributed by atoms with E-state index in [1.807, 2.05) is 0 Å². The zero-order chi connectivity index (χ0) is 49.3. The topological polar surface area (TPSA) is 21.3 Å². The second-order valence-corrected chi connectivity index (χ2v) is 26.2. The van der Waals surface area contributed by atoms with Gasteiger partial charge in [-0.25, -0.2) is 0 Å². The van der Waals surface area contributed by atoms with Gasteiger partial charge in [-0.05, 0) is 214 Å². The van der Waals surface area contributed by atoms with Crippen LogP contribution in [0.1, 0.15) is 120 Å². The first-order valence-electron chi connectivity index (χ1n) is 29.1. The predicted molar refractivity (Wildman–Crippen MR) is 312 cm³/mol. The van der Waals surface area contributed by atoms with Crippen LogP contribution in [0.2, 0.25) is 0 Å². The monoisotopic (exact) mass is 971 g/mol. The van der Waals surface area contributed by atoms with Gasteiger partial charge in [-0.2, -0.15) is 0 Å². The Labute approximate surface area is 441 Å². The molecule has 8 aromatic carbocycles. The molecule has 0 N–H and O–H groups in total. The van der Waals surface area contributed by atoms with Crippen LogP contribution in [-0.2, 0) is 16.2 Å². The van der Waals surface area contributed by atoms with Crippen LogP contribution in [0, 0.1) is 29.6 Å². The van der Waals surface area contributed by atoms with E-state index in [2.05, 4.69) is 182 Å². The Hall–Kier alpha value is -6.78. The highest BCUT2D eigenvalue weighted by Gasteiger charge is 2.54. The fourth-order valence-corrected chi connectivity index (χ4v) is 19.4. The van der Waals surface area contributed by atoms with Gasteiger partial charge in [0, 0.05) is 43.9 Å². The lowest BCUT2D eigenvalue weighted by molar-refractivity contribution is -0.00509. The van der Waals surface area contributed by atoms with Gasteiger partial charge in [0.2, 0.25) is 0 Å². The first-order chi connectivity index (χ1) is 36.7. The van der Waals surface area contributed by atoms with Crippen LogP contribution >= 0.6 is 0 Å². The lowest BCUT2D eigenvalue weighted by atomic mass is 9.42. The number of aromatic nitrogens is 1. The first-order valence-corrected chi connectivity index (χ1v) is 29.1. The Kier molecular flexibility index (Phi) is 8.25. The van der Waals surface area contributed by atoms with Crippen molar-refractivity contribution in [1.29, 1.82) is 0 Å². The maximum absolute atomic E-state index is 7.33. The van der Waals surface area contributed by atoms with Gasteiger partial charge in [0.05, 0.1) is 16.7 Å². The smallest absolute Gasteiger partial charge is 0.333 e. The van der Waals surface area contributed by atoms with Crippen LogP contribution < -0.4 is 15.7 Å². The number of para-hydroxylation sites is 1. The summed E-state index contributed by atoms with van der Waals surface area (Å²) >= 11 is 0. The number of anilines is 2. The molecular formula is C71H63BN2O. The van der Waals surface area contributed by atoms with Crippen LogP contribution in [0.15, 0.2) is 156 Å². The van der Waals surface area contributed by atoms with E-state index in [9.17, 15) is 0 Å². The van der Waals surface area contributed by atoms with Crippen molar-refractivity contribution >= 4 is 72.9 Å². The fourth-order valence-electron chi connectivity index (χ4n) is 19.4. The van der Waals surface area contributed by atoms with Crippen molar-refractivity contribution in [3.63, 3.8) is 0 Å². The second-order valence-electron chi connectivity index (χ2n) is 26.2. The van der Waals surface area contributed by atoms with E-state index in [1.54, 1.807) is 11.1 Å². The summed E-state index contributed by atoms with van der Waals surface area (Å²) in [4.78, 5) is 2.77. The van der Waals surface area contributed by atoms with E-state index in [-0.39, 0.29) is 23.1 Å². The molecule has 9 aliphatic rings. The van der Waals surface area contributed by atoms with Crippen LogP contribution in [0.3, 0.4) is 0 Å². The van der Waals surface area contributed by atoms with Gasteiger partial charge in [0.1, 0.15) is 5.58 Å². The third-order valence-corrected chi connectivity index (χ3v) is 22.1. The van der Waals surface area contributed by atoms with E-state index < -0.39 is 0 Å². The lowest BCUT2D eigenvalue weighted by Gasteiger charge is -2.57. The highest BCUT2D eigenvalue weighted by Crippen LogP contribution is 2.63. The third-order valence-electron chi connectivity index (χ3n) is 22.1. The molecule has 2 aliphatic heterocycles. The molecule has 0 spiro atoms. The van der Waals surface area contributed by atoms with Crippen LogP contribution in [-0.4, -0.2) is 11.4 Å². The highest BCUT2D eigenvalue weighted by molar-refractivity contribution is 6.94. The number of fused-ring (bicyclic) bond motifs is 17. The summed E-state index contributed by atoms with van der Waals surface area (Å²) in [6, 6.07) is 59.6. The summed E-state index contributed by atoms with van der Waals surface area (Å²) in [5.41, 5.74) is 25.5. The summed E-state index contributed by atoms with van der Waals surface area (Å²) in [5, 5.41) is 5.29. The van der Waals surface area contributed by atoms with Crippen molar-refractivity contribution < 1.29 is 4.42 Å². The summed E-state index contributed by atoms with van der Waals surface area (Å²) in [6.45, 7) is 7.39. The Morgan fingerprint density at radius 1 is 0.573 bits per heavy atom. The molecule has 2 atom stereocenters. The van der Waals surface area contributed by atoms with Crippen molar-refractivity contribution in [3.05, 3.63) is 174 Å². The SMILES string of the molecule is CCC1(c2ccc3c(c2)c2cc(C45CC6CC(CC(C6)C4)C5)cc4c2n3-c2cc3c(c5c2B4N(c2ccc(-c4ccccc4)cc2)c2c-5ccc4c2oc2ccccc24)C(C)(C)c2ccccc2-3)CC2CCC(C2)C1. The zero-order valence-electron chi connectivity index (χ0n) is 43.7. The summed E-state index contributed by atoms with van der Waals surface area (Å²) in [6.07, 6.45) is 16.5. The average molecular weight is 971 g/mol. The lowest BCUT2D eigenvalue weighted by Crippen LogP contribution is -2.61. The molecule has 10 aromatic rings. The molecule has 0 radical (unpaired) electrons. The molecule has 7 aliphatic carbocycles. The summed E-state index contributed by atoms with van der Waals surface area (Å²) in [5.74, 6) is 4.29. The Bertz CT molecular complexity index is 4090. The van der Waals surface area contributed by atoms with Gasteiger partial charge >= 0.3 is 6.85 Å². The van der Waals surface area contributed by atoms with Gasteiger partial charge in [-0.15, -0.1) is 0 Å². The van der Waals surface area contributed by atoms with E-state index >= 15 is 0 Å². The van der Waals surface area contributed by atoms with Crippen LogP contribution in [0.5, 0.6) is 0 Å². The molecule has 0 amide bonds. The number of furan rings is 1. The minimum atomic E-state index is -0.237. The van der Waals surface area contributed by atoms with Crippen LogP contribution in [0.4, 0.5) is 11.4 Å². The molecule has 75 heavy (non-hydrogen) atoms. The van der Waals surface area contributed by atoms with Crippen molar-refractivity contribution in [2.75, 3.05) is 4.81 Å². The minimum Gasteiger partial charge on any atom is -0.454 e. The maximum atomic E-state index is 7.33. The highest BCUT2D eigenvalue weighted by atomic mass is 16.3.